The number of unbranched alkanes of at least 4 members (excludes halogenated alkanes) is 1. The number of hydrogen-bond acceptors (Lipinski definition) is 3. The van der Waals surface area contributed by atoms with Crippen LogP contribution >= 0.6 is 0 Å². The number of nitrogens with two attached hydrogens (primary N) is 1. The summed E-state index contributed by atoms with van der Waals surface area (Å²) in [7, 11) is 0. The lowest BCUT2D eigenvalue weighted by molar-refractivity contribution is -0.139. The normalized spacial score (nSPS) is 14.2. The second kappa shape index (κ2) is 8.10. The first-order valence-corrected chi connectivity index (χ1v) is 5.79. The van der Waals surface area contributed by atoms with E-state index in [1.807, 2.05) is 6.92 Å². The third-order valence-corrected chi connectivity index (χ3v) is 2.48. The van der Waals surface area contributed by atoms with Gasteiger partial charge in [0.1, 0.15) is 0 Å². The first-order valence-electron chi connectivity index (χ1n) is 5.79. The van der Waals surface area contributed by atoms with Gasteiger partial charge in [-0.3, -0.25) is 9.59 Å². The second-order valence-corrected chi connectivity index (χ2v) is 3.96. The molecule has 0 aliphatic rings. The Morgan fingerprint density at radius 3 is 2.44 bits per heavy atom. The topological polar surface area (TPSA) is 92.4 Å². The quantitative estimate of drug-likeness (QED) is 0.577. The molecule has 0 heterocycles. The molecule has 0 aromatic carbocycles. The molecule has 0 aromatic rings. The van der Waals surface area contributed by atoms with Crippen molar-refractivity contribution in [2.24, 2.45) is 5.73 Å². The van der Waals surface area contributed by atoms with Crippen LogP contribution in [0.25, 0.3) is 0 Å². The minimum absolute atomic E-state index is 0.104. The van der Waals surface area contributed by atoms with Gasteiger partial charge in [0, 0.05) is 6.04 Å². The number of aliphatic carboxylic acids is 1. The SMILES string of the molecule is CCCC[C@H](CC)NC(=O)[C@H](N)CC(=O)O. The lowest BCUT2D eigenvalue weighted by Gasteiger charge is -2.18. The lowest BCUT2D eigenvalue weighted by atomic mass is 10.1. The molecular formula is C11H22N2O3. The van der Waals surface area contributed by atoms with E-state index in [4.69, 9.17) is 10.8 Å². The van der Waals surface area contributed by atoms with Gasteiger partial charge in [0.25, 0.3) is 0 Å². The van der Waals surface area contributed by atoms with Crippen molar-refractivity contribution in [1.82, 2.24) is 5.32 Å². The lowest BCUT2D eigenvalue weighted by Crippen LogP contribution is -2.46. The van der Waals surface area contributed by atoms with Crippen LogP contribution in [0.15, 0.2) is 0 Å². The number of hydrogen-bond donors (Lipinski definition) is 3. The van der Waals surface area contributed by atoms with Crippen LogP contribution in [0.3, 0.4) is 0 Å². The summed E-state index contributed by atoms with van der Waals surface area (Å²) < 4.78 is 0. The van der Waals surface area contributed by atoms with E-state index in [2.05, 4.69) is 12.2 Å². The molecule has 0 aliphatic carbocycles. The largest absolute Gasteiger partial charge is 0.481 e. The average Bonchev–Trinajstić information content (AvgIpc) is 2.22. The number of carboxylic acid groups (broad SMARTS) is 1. The van der Waals surface area contributed by atoms with Gasteiger partial charge in [0.2, 0.25) is 5.91 Å². The molecule has 4 N–H and O–H groups in total. The summed E-state index contributed by atoms with van der Waals surface area (Å²) in [5, 5.41) is 11.3. The Bertz CT molecular complexity index is 231. The highest BCUT2D eigenvalue weighted by Gasteiger charge is 2.19. The molecule has 0 rings (SSSR count). The minimum atomic E-state index is -1.05. The summed E-state index contributed by atoms with van der Waals surface area (Å²) in [6, 6.07) is -0.847. The van der Waals surface area contributed by atoms with Crippen molar-refractivity contribution in [3.8, 4) is 0 Å². The van der Waals surface area contributed by atoms with Gasteiger partial charge in [0.15, 0.2) is 0 Å². The highest BCUT2D eigenvalue weighted by atomic mass is 16.4. The number of carbonyl (C=O) groups is 2. The van der Waals surface area contributed by atoms with Crippen LogP contribution in [-0.2, 0) is 9.59 Å². The van der Waals surface area contributed by atoms with E-state index in [1.54, 1.807) is 0 Å². The third-order valence-electron chi connectivity index (χ3n) is 2.48. The van der Waals surface area contributed by atoms with E-state index in [9.17, 15) is 9.59 Å². The molecule has 16 heavy (non-hydrogen) atoms. The molecule has 0 bridgehead atoms. The Labute approximate surface area is 96.4 Å². The van der Waals surface area contributed by atoms with E-state index in [1.165, 1.54) is 0 Å². The number of carbonyl (C=O) groups excluding carboxylic acids is 1. The molecular weight excluding hydrogens is 208 g/mol. The van der Waals surface area contributed by atoms with Crippen molar-refractivity contribution >= 4 is 11.9 Å². The van der Waals surface area contributed by atoms with E-state index >= 15 is 0 Å². The summed E-state index contributed by atoms with van der Waals surface area (Å²) in [6.45, 7) is 4.08. The fourth-order valence-corrected chi connectivity index (χ4v) is 1.42. The molecule has 0 fully saturated rings. The predicted molar refractivity (Wildman–Crippen MR) is 62.0 cm³/mol. The fourth-order valence-electron chi connectivity index (χ4n) is 1.42. The molecule has 0 saturated carbocycles. The molecule has 0 saturated heterocycles. The van der Waals surface area contributed by atoms with Crippen LogP contribution in [0.2, 0.25) is 0 Å². The number of nitrogens with one attached hydrogen (secondary N) is 1. The van der Waals surface area contributed by atoms with Crippen molar-refractivity contribution < 1.29 is 14.7 Å². The van der Waals surface area contributed by atoms with E-state index in [0.717, 1.165) is 25.7 Å². The Morgan fingerprint density at radius 2 is 2.00 bits per heavy atom. The predicted octanol–water partition coefficient (Wildman–Crippen LogP) is 0.873. The maximum Gasteiger partial charge on any atom is 0.305 e. The van der Waals surface area contributed by atoms with Crippen molar-refractivity contribution in [3.05, 3.63) is 0 Å². The van der Waals surface area contributed by atoms with Gasteiger partial charge < -0.3 is 16.2 Å². The van der Waals surface area contributed by atoms with Crippen LogP contribution < -0.4 is 11.1 Å². The molecule has 94 valence electrons. The van der Waals surface area contributed by atoms with Crippen LogP contribution in [0.4, 0.5) is 0 Å². The van der Waals surface area contributed by atoms with Crippen molar-refractivity contribution in [2.45, 2.75) is 58.0 Å². The third kappa shape index (κ3) is 6.40. The summed E-state index contributed by atoms with van der Waals surface area (Å²) >= 11 is 0. The summed E-state index contributed by atoms with van der Waals surface area (Å²) in [6.07, 6.45) is 3.56. The average molecular weight is 230 g/mol. The van der Waals surface area contributed by atoms with Gasteiger partial charge in [-0.1, -0.05) is 26.7 Å². The van der Waals surface area contributed by atoms with Gasteiger partial charge in [0.05, 0.1) is 12.5 Å². The van der Waals surface area contributed by atoms with E-state index in [0.29, 0.717) is 0 Å². The Morgan fingerprint density at radius 1 is 1.38 bits per heavy atom. The Kier molecular flexibility index (Phi) is 7.54. The zero-order chi connectivity index (χ0) is 12.6. The number of rotatable bonds is 8. The molecule has 1 amide bonds. The highest BCUT2D eigenvalue weighted by molar-refractivity contribution is 5.86. The maximum absolute atomic E-state index is 11.5. The number of amides is 1. The summed E-state index contributed by atoms with van der Waals surface area (Å²) in [5.41, 5.74) is 5.46. The van der Waals surface area contributed by atoms with Gasteiger partial charge in [-0.2, -0.15) is 0 Å². The summed E-state index contributed by atoms with van der Waals surface area (Å²) in [4.78, 5) is 21.9. The van der Waals surface area contributed by atoms with E-state index in [-0.39, 0.29) is 18.4 Å². The molecule has 5 nitrogen and oxygen atoms in total. The highest BCUT2D eigenvalue weighted by Crippen LogP contribution is 2.04. The number of carboxylic acids is 1. The second-order valence-electron chi connectivity index (χ2n) is 3.96. The first-order chi connectivity index (χ1) is 7.51. The van der Waals surface area contributed by atoms with Crippen molar-refractivity contribution in [2.75, 3.05) is 0 Å². The van der Waals surface area contributed by atoms with Crippen molar-refractivity contribution in [3.63, 3.8) is 0 Å². The molecule has 2 atom stereocenters. The Hall–Kier alpha value is -1.10. The van der Waals surface area contributed by atoms with Crippen molar-refractivity contribution in [1.29, 1.82) is 0 Å². The molecule has 0 spiro atoms. The smallest absolute Gasteiger partial charge is 0.305 e. The monoisotopic (exact) mass is 230 g/mol. The van der Waals surface area contributed by atoms with Crippen LogP contribution in [-0.4, -0.2) is 29.1 Å². The summed E-state index contributed by atoms with van der Waals surface area (Å²) in [5.74, 6) is -1.42. The minimum Gasteiger partial charge on any atom is -0.481 e. The standard InChI is InChI=1S/C11H22N2O3/c1-3-5-6-8(4-2)13-11(16)9(12)7-10(14)15/h8-9H,3-7,12H2,1-2H3,(H,13,16)(H,14,15)/t8-,9+/m0/s1. The fraction of sp³-hybridized carbons (Fsp3) is 0.818. The van der Waals surface area contributed by atoms with Gasteiger partial charge in [-0.15, -0.1) is 0 Å². The molecule has 0 aromatic heterocycles. The molecule has 0 radical (unpaired) electrons. The van der Waals surface area contributed by atoms with Crippen LogP contribution in [0, 0.1) is 0 Å². The Balaban J connectivity index is 4.03. The zero-order valence-electron chi connectivity index (χ0n) is 10.0. The van der Waals surface area contributed by atoms with Gasteiger partial charge in [-0.25, -0.2) is 0 Å². The molecule has 5 heteroatoms. The first kappa shape index (κ1) is 14.9. The molecule has 0 unspecified atom stereocenters. The van der Waals surface area contributed by atoms with Crippen LogP contribution in [0.1, 0.15) is 46.0 Å². The zero-order valence-corrected chi connectivity index (χ0v) is 10.0. The maximum atomic E-state index is 11.5. The van der Waals surface area contributed by atoms with E-state index < -0.39 is 12.0 Å². The van der Waals surface area contributed by atoms with Crippen LogP contribution in [0.5, 0.6) is 0 Å². The molecule has 0 aliphatic heterocycles. The van der Waals surface area contributed by atoms with Gasteiger partial charge >= 0.3 is 5.97 Å². The van der Waals surface area contributed by atoms with Gasteiger partial charge in [-0.05, 0) is 12.8 Å².